The second-order valence-corrected chi connectivity index (χ2v) is 12.5. The Morgan fingerprint density at radius 2 is 1.91 bits per heavy atom. The molecule has 3 aliphatic rings. The van der Waals surface area contributed by atoms with Crippen molar-refractivity contribution in [1.82, 2.24) is 24.8 Å². The molecule has 2 atom stereocenters. The fourth-order valence-corrected chi connectivity index (χ4v) is 7.19. The van der Waals surface area contributed by atoms with Crippen molar-refractivity contribution in [3.8, 4) is 0 Å². The van der Waals surface area contributed by atoms with Gasteiger partial charge >= 0.3 is 5.69 Å². The summed E-state index contributed by atoms with van der Waals surface area (Å²) in [6.45, 7) is 5.91. The fraction of sp³-hybridized carbons (Fsp3) is 0.652. The van der Waals surface area contributed by atoms with Gasteiger partial charge in [-0.25, -0.2) is 18.2 Å². The molecule has 4 heterocycles. The highest BCUT2D eigenvalue weighted by Gasteiger charge is 2.42. The third-order valence-corrected chi connectivity index (χ3v) is 8.72. The summed E-state index contributed by atoms with van der Waals surface area (Å²) in [4.78, 5) is 48.2. The maximum Gasteiger partial charge on any atom is 0.330 e. The van der Waals surface area contributed by atoms with E-state index in [4.69, 9.17) is 0 Å². The number of nitrogens with one attached hydrogen (secondary N) is 2. The maximum absolute atomic E-state index is 13.6. The Morgan fingerprint density at radius 3 is 2.56 bits per heavy atom. The van der Waals surface area contributed by atoms with Gasteiger partial charge in [-0.2, -0.15) is 0 Å². The minimum Gasteiger partial charge on any atom is -0.347 e. The van der Waals surface area contributed by atoms with Crippen molar-refractivity contribution in [2.24, 2.45) is 5.92 Å². The van der Waals surface area contributed by atoms with E-state index in [-0.39, 0.29) is 46.0 Å². The lowest BCUT2D eigenvalue weighted by atomic mass is 10.1. The topological polar surface area (TPSA) is 134 Å². The molecular weight excluding hydrogens is 458 g/mol. The van der Waals surface area contributed by atoms with Gasteiger partial charge in [0.15, 0.2) is 15.5 Å². The van der Waals surface area contributed by atoms with E-state index in [1.54, 1.807) is 6.07 Å². The molecule has 0 bridgehead atoms. The van der Waals surface area contributed by atoms with E-state index < -0.39 is 33.0 Å². The predicted octanol–water partition coefficient (Wildman–Crippen LogP) is 0.609. The number of hydrogen-bond donors (Lipinski definition) is 2. The van der Waals surface area contributed by atoms with Gasteiger partial charge < -0.3 is 5.32 Å². The molecule has 1 saturated carbocycles. The fourth-order valence-electron chi connectivity index (χ4n) is 5.24. The van der Waals surface area contributed by atoms with Gasteiger partial charge in [0.1, 0.15) is 0 Å². The van der Waals surface area contributed by atoms with Crippen LogP contribution in [0.25, 0.3) is 11.0 Å². The number of hydrogen-bond acceptors (Lipinski definition) is 7. The summed E-state index contributed by atoms with van der Waals surface area (Å²) < 4.78 is 26.3. The number of carbonyl (C=O) groups is 1. The van der Waals surface area contributed by atoms with Gasteiger partial charge in [-0.05, 0) is 50.8 Å². The summed E-state index contributed by atoms with van der Waals surface area (Å²) in [5.74, 6) is -0.271. The quantitative estimate of drug-likeness (QED) is 0.607. The van der Waals surface area contributed by atoms with Gasteiger partial charge in [0, 0.05) is 24.2 Å². The zero-order valence-corrected chi connectivity index (χ0v) is 20.4. The molecule has 184 valence electrons. The Bertz CT molecular complexity index is 1350. The molecule has 0 spiro atoms. The van der Waals surface area contributed by atoms with E-state index in [2.05, 4.69) is 20.2 Å². The van der Waals surface area contributed by atoms with E-state index in [1.807, 2.05) is 13.8 Å². The van der Waals surface area contributed by atoms with Crippen LogP contribution >= 0.6 is 0 Å². The van der Waals surface area contributed by atoms with E-state index >= 15 is 0 Å². The van der Waals surface area contributed by atoms with Crippen LogP contribution in [0.2, 0.25) is 0 Å². The van der Waals surface area contributed by atoms with Crippen LogP contribution in [0.4, 0.5) is 0 Å². The normalized spacial score (nSPS) is 24.8. The molecule has 1 aliphatic carbocycles. The van der Waals surface area contributed by atoms with Crippen molar-refractivity contribution in [3.05, 3.63) is 38.2 Å². The molecule has 34 heavy (non-hydrogen) atoms. The van der Waals surface area contributed by atoms with Crippen molar-refractivity contribution in [3.63, 3.8) is 0 Å². The number of nitrogens with zero attached hydrogens (tertiary/aromatic N) is 3. The van der Waals surface area contributed by atoms with Gasteiger partial charge in [-0.1, -0.05) is 13.8 Å². The number of sulfone groups is 1. The number of likely N-dealkylation sites (tertiary alicyclic amines) is 1. The van der Waals surface area contributed by atoms with E-state index in [9.17, 15) is 22.8 Å². The molecule has 11 heteroatoms. The summed E-state index contributed by atoms with van der Waals surface area (Å²) >= 11 is 0. The van der Waals surface area contributed by atoms with Crippen molar-refractivity contribution in [2.45, 2.75) is 64.1 Å². The van der Waals surface area contributed by atoms with Crippen molar-refractivity contribution in [1.29, 1.82) is 0 Å². The number of aromatic amines is 1. The second kappa shape index (κ2) is 8.60. The molecular formula is C23H31N5O5S. The number of aromatic nitrogens is 3. The summed E-state index contributed by atoms with van der Waals surface area (Å²) in [5, 5.41) is 3.00. The molecule has 2 aromatic heterocycles. The molecule has 1 amide bonds. The molecule has 2 saturated heterocycles. The first kappa shape index (κ1) is 23.2. The predicted molar refractivity (Wildman–Crippen MR) is 128 cm³/mol. The SMILES string of the molecule is CC(C)Cn1c(=O)[nH]c(=O)c2c(C(=O)NC3CS(=O)(=O)CC3N3CCCC3)cc(C3CC3)nc21. The Morgan fingerprint density at radius 1 is 1.21 bits per heavy atom. The first-order chi connectivity index (χ1) is 16.1. The largest absolute Gasteiger partial charge is 0.347 e. The third kappa shape index (κ3) is 4.43. The zero-order chi connectivity index (χ0) is 24.2. The van der Waals surface area contributed by atoms with Crippen LogP contribution in [-0.4, -0.2) is 70.4 Å². The van der Waals surface area contributed by atoms with Crippen LogP contribution in [0.1, 0.15) is 61.5 Å². The average molecular weight is 490 g/mol. The first-order valence-corrected chi connectivity index (χ1v) is 13.9. The summed E-state index contributed by atoms with van der Waals surface area (Å²) in [5.41, 5.74) is -0.151. The van der Waals surface area contributed by atoms with E-state index in [0.717, 1.165) is 38.8 Å². The van der Waals surface area contributed by atoms with Crippen LogP contribution in [-0.2, 0) is 16.4 Å². The number of rotatable bonds is 6. The van der Waals surface area contributed by atoms with E-state index in [1.165, 1.54) is 4.57 Å². The lowest BCUT2D eigenvalue weighted by Gasteiger charge is -2.28. The van der Waals surface area contributed by atoms with Crippen LogP contribution < -0.4 is 16.6 Å². The minimum atomic E-state index is -3.28. The van der Waals surface area contributed by atoms with Gasteiger partial charge in [0.05, 0.1) is 28.5 Å². The summed E-state index contributed by atoms with van der Waals surface area (Å²) in [6, 6.07) is 0.817. The van der Waals surface area contributed by atoms with Gasteiger partial charge in [-0.15, -0.1) is 0 Å². The number of amides is 1. The number of pyridine rings is 1. The van der Waals surface area contributed by atoms with Crippen LogP contribution in [0, 0.1) is 5.92 Å². The highest BCUT2D eigenvalue weighted by molar-refractivity contribution is 7.91. The second-order valence-electron chi connectivity index (χ2n) is 10.3. The molecule has 2 aliphatic heterocycles. The first-order valence-electron chi connectivity index (χ1n) is 12.1. The number of carbonyl (C=O) groups excluding carboxylic acids is 1. The Kier molecular flexibility index (Phi) is 5.87. The zero-order valence-electron chi connectivity index (χ0n) is 19.5. The highest BCUT2D eigenvalue weighted by Crippen LogP contribution is 2.40. The molecule has 2 unspecified atom stereocenters. The summed E-state index contributed by atoms with van der Waals surface area (Å²) in [6.07, 6.45) is 3.91. The lowest BCUT2D eigenvalue weighted by molar-refractivity contribution is 0.0920. The third-order valence-electron chi connectivity index (χ3n) is 7.01. The average Bonchev–Trinajstić information content (AvgIpc) is 3.38. The highest BCUT2D eigenvalue weighted by atomic mass is 32.2. The lowest BCUT2D eigenvalue weighted by Crippen LogP contribution is -2.50. The maximum atomic E-state index is 13.6. The van der Waals surface area contributed by atoms with Crippen molar-refractivity contribution in [2.75, 3.05) is 24.6 Å². The number of fused-ring (bicyclic) bond motifs is 1. The molecule has 10 nitrogen and oxygen atoms in total. The van der Waals surface area contributed by atoms with E-state index in [0.29, 0.717) is 12.2 Å². The van der Waals surface area contributed by atoms with Crippen molar-refractivity contribution < 1.29 is 13.2 Å². The van der Waals surface area contributed by atoms with Crippen LogP contribution in [0.15, 0.2) is 15.7 Å². The monoisotopic (exact) mass is 489 g/mol. The Hall–Kier alpha value is -2.53. The van der Waals surface area contributed by atoms with Crippen LogP contribution in [0.5, 0.6) is 0 Å². The van der Waals surface area contributed by atoms with Gasteiger partial charge in [0.25, 0.3) is 11.5 Å². The van der Waals surface area contributed by atoms with Crippen LogP contribution in [0.3, 0.4) is 0 Å². The molecule has 0 aromatic carbocycles. The van der Waals surface area contributed by atoms with Gasteiger partial charge in [-0.3, -0.25) is 24.0 Å². The molecule has 5 rings (SSSR count). The molecule has 2 aromatic rings. The van der Waals surface area contributed by atoms with Crippen molar-refractivity contribution >= 4 is 26.8 Å². The Labute approximate surface area is 197 Å². The Balaban J connectivity index is 1.58. The summed E-state index contributed by atoms with van der Waals surface area (Å²) in [7, 11) is -3.28. The number of H-pyrrole nitrogens is 1. The smallest absolute Gasteiger partial charge is 0.330 e. The van der Waals surface area contributed by atoms with Gasteiger partial charge in [0.2, 0.25) is 0 Å². The minimum absolute atomic E-state index is 0.0247. The standard InChI is InChI=1S/C23H31N5O5S/c1-13(2)10-28-20-19(22(30)26-23(28)31)15(9-16(24-20)14-5-6-14)21(29)25-17-11-34(32,33)12-18(17)27-7-3-4-8-27/h9,13-14,17-18H,3-8,10-12H2,1-2H3,(H,25,29)(H,26,30,31). The molecule has 0 radical (unpaired) electrons. The molecule has 2 N–H and O–H groups in total. The molecule has 3 fully saturated rings.